The lowest BCUT2D eigenvalue weighted by Gasteiger charge is -2.05. The second-order valence-corrected chi connectivity index (χ2v) is 5.81. The van der Waals surface area contributed by atoms with E-state index in [1.165, 1.54) is 12.5 Å². The summed E-state index contributed by atoms with van der Waals surface area (Å²) in [5.41, 5.74) is 7.81. The van der Waals surface area contributed by atoms with E-state index in [0.717, 1.165) is 11.1 Å². The second kappa shape index (κ2) is 8.63. The van der Waals surface area contributed by atoms with Crippen LogP contribution in [-0.2, 0) is 0 Å². The van der Waals surface area contributed by atoms with Crippen LogP contribution in [0.15, 0.2) is 80.1 Å². The van der Waals surface area contributed by atoms with Gasteiger partial charge in [0.15, 0.2) is 11.5 Å². The fourth-order valence-electron chi connectivity index (χ4n) is 2.28. The number of furan rings is 2. The zero-order valence-corrected chi connectivity index (χ0v) is 15.3. The van der Waals surface area contributed by atoms with E-state index in [-0.39, 0.29) is 11.5 Å². The minimum atomic E-state index is -0.420. The Morgan fingerprint density at radius 2 is 1.11 bits per heavy atom. The number of nitrogens with zero attached hydrogens (tertiary/aromatic N) is 2. The molecule has 0 unspecified atom stereocenters. The van der Waals surface area contributed by atoms with Gasteiger partial charge < -0.3 is 8.83 Å². The Morgan fingerprint density at radius 1 is 0.714 bits per heavy atom. The molecule has 0 saturated heterocycles. The molecule has 3 aromatic rings. The summed E-state index contributed by atoms with van der Waals surface area (Å²) >= 11 is 0. The van der Waals surface area contributed by atoms with Crippen molar-refractivity contribution < 1.29 is 18.4 Å². The van der Waals surface area contributed by atoms with Crippen molar-refractivity contribution in [3.63, 3.8) is 0 Å². The van der Waals surface area contributed by atoms with E-state index in [9.17, 15) is 9.59 Å². The van der Waals surface area contributed by atoms with Gasteiger partial charge in [-0.2, -0.15) is 10.2 Å². The van der Waals surface area contributed by atoms with Crippen molar-refractivity contribution in [3.05, 3.63) is 83.7 Å². The van der Waals surface area contributed by atoms with Crippen LogP contribution in [0.2, 0.25) is 0 Å². The molecule has 8 nitrogen and oxygen atoms in total. The Bertz CT molecular complexity index is 918. The van der Waals surface area contributed by atoms with E-state index < -0.39 is 11.8 Å². The largest absolute Gasteiger partial charge is 0.459 e. The molecule has 2 aromatic heterocycles. The van der Waals surface area contributed by atoms with Gasteiger partial charge in [-0.1, -0.05) is 24.3 Å². The van der Waals surface area contributed by atoms with Gasteiger partial charge >= 0.3 is 11.8 Å². The zero-order valence-electron chi connectivity index (χ0n) is 15.3. The van der Waals surface area contributed by atoms with Crippen molar-refractivity contribution in [2.45, 2.75) is 13.8 Å². The van der Waals surface area contributed by atoms with E-state index in [1.54, 1.807) is 38.1 Å². The van der Waals surface area contributed by atoms with Crippen LogP contribution >= 0.6 is 0 Å². The molecular formula is C20H18N4O4. The fourth-order valence-corrected chi connectivity index (χ4v) is 2.28. The summed E-state index contributed by atoms with van der Waals surface area (Å²) in [6.45, 7) is 3.56. The van der Waals surface area contributed by atoms with Gasteiger partial charge in [0.25, 0.3) is 0 Å². The van der Waals surface area contributed by atoms with Crippen LogP contribution in [0.1, 0.15) is 46.1 Å². The van der Waals surface area contributed by atoms with Gasteiger partial charge in [-0.05, 0) is 49.2 Å². The maximum atomic E-state index is 11.8. The van der Waals surface area contributed by atoms with Crippen LogP contribution in [0, 0.1) is 0 Å². The minimum Gasteiger partial charge on any atom is -0.459 e. The van der Waals surface area contributed by atoms with Gasteiger partial charge in [0.1, 0.15) is 0 Å². The van der Waals surface area contributed by atoms with Crippen LogP contribution < -0.4 is 10.9 Å². The van der Waals surface area contributed by atoms with Gasteiger partial charge in [0.05, 0.1) is 23.9 Å². The molecule has 2 N–H and O–H groups in total. The van der Waals surface area contributed by atoms with Gasteiger partial charge in [-0.25, -0.2) is 10.9 Å². The molecule has 28 heavy (non-hydrogen) atoms. The Balaban J connectivity index is 1.62. The van der Waals surface area contributed by atoms with Gasteiger partial charge in [0, 0.05) is 0 Å². The number of hydrogen-bond donors (Lipinski definition) is 2. The normalized spacial score (nSPS) is 11.9. The number of hydrazone groups is 2. The molecule has 0 fully saturated rings. The molecule has 0 aliphatic carbocycles. The van der Waals surface area contributed by atoms with Crippen LogP contribution in [-0.4, -0.2) is 23.2 Å². The third-order valence-corrected chi connectivity index (χ3v) is 3.86. The third kappa shape index (κ3) is 4.61. The topological polar surface area (TPSA) is 109 Å². The molecule has 2 amide bonds. The summed E-state index contributed by atoms with van der Waals surface area (Å²) in [4.78, 5) is 23.7. The minimum absolute atomic E-state index is 0.190. The molecule has 3 rings (SSSR count). The Kier molecular flexibility index (Phi) is 5.81. The predicted molar refractivity (Wildman–Crippen MR) is 103 cm³/mol. The number of carbonyl (C=O) groups excluding carboxylic acids is 2. The lowest BCUT2D eigenvalue weighted by atomic mass is 10.1. The monoisotopic (exact) mass is 378 g/mol. The highest BCUT2D eigenvalue weighted by atomic mass is 16.3. The second-order valence-electron chi connectivity index (χ2n) is 5.81. The first-order valence-electron chi connectivity index (χ1n) is 8.41. The molecule has 1 aromatic carbocycles. The number of benzene rings is 1. The summed E-state index contributed by atoms with van der Waals surface area (Å²) in [5.74, 6) is -0.460. The van der Waals surface area contributed by atoms with Crippen LogP contribution in [0.5, 0.6) is 0 Å². The molecule has 0 aliphatic rings. The van der Waals surface area contributed by atoms with Crippen molar-refractivity contribution in [3.8, 4) is 0 Å². The Labute approximate surface area is 160 Å². The molecule has 0 atom stereocenters. The maximum Gasteiger partial charge on any atom is 0.307 e. The SMILES string of the molecule is C/C(=N/NC(=O)c1ccco1)c1ccc(/C(C)=N\NC(=O)c2ccco2)cc1. The maximum absolute atomic E-state index is 11.8. The van der Waals surface area contributed by atoms with Crippen LogP contribution in [0.3, 0.4) is 0 Å². The lowest BCUT2D eigenvalue weighted by Crippen LogP contribution is -2.19. The van der Waals surface area contributed by atoms with Crippen LogP contribution in [0.4, 0.5) is 0 Å². The van der Waals surface area contributed by atoms with E-state index in [0.29, 0.717) is 11.4 Å². The fraction of sp³-hybridized carbons (Fsp3) is 0.100. The van der Waals surface area contributed by atoms with Crippen molar-refractivity contribution in [2.75, 3.05) is 0 Å². The van der Waals surface area contributed by atoms with Crippen molar-refractivity contribution >= 4 is 23.2 Å². The third-order valence-electron chi connectivity index (χ3n) is 3.86. The molecule has 2 heterocycles. The standard InChI is InChI=1S/C20H18N4O4/c1-13(21-23-19(25)17-5-3-11-27-17)15-7-9-16(10-8-15)14(2)22-24-20(26)18-6-4-12-28-18/h3-12H,1-2H3,(H,23,25)(H,24,26)/b21-13-,22-14-. The number of amides is 2. The quantitative estimate of drug-likeness (QED) is 0.507. The summed E-state index contributed by atoms with van der Waals surface area (Å²) in [6.07, 6.45) is 2.84. The van der Waals surface area contributed by atoms with Crippen molar-refractivity contribution in [2.24, 2.45) is 10.2 Å². The average molecular weight is 378 g/mol. The van der Waals surface area contributed by atoms with Gasteiger partial charge in [-0.15, -0.1) is 0 Å². The molecular weight excluding hydrogens is 360 g/mol. The van der Waals surface area contributed by atoms with E-state index >= 15 is 0 Å². The molecule has 0 aliphatic heterocycles. The molecule has 0 radical (unpaired) electrons. The highest BCUT2D eigenvalue weighted by Gasteiger charge is 2.09. The first-order valence-corrected chi connectivity index (χ1v) is 8.41. The first-order chi connectivity index (χ1) is 13.5. The summed E-state index contributed by atoms with van der Waals surface area (Å²) < 4.78 is 10.0. The molecule has 8 heteroatoms. The number of rotatable bonds is 6. The summed E-state index contributed by atoms with van der Waals surface area (Å²) in [6, 6.07) is 13.8. The van der Waals surface area contributed by atoms with Gasteiger partial charge in [-0.3, -0.25) is 9.59 Å². The number of hydrogen-bond acceptors (Lipinski definition) is 6. The Hall–Kier alpha value is -3.94. The molecule has 0 bridgehead atoms. The summed E-state index contributed by atoms with van der Waals surface area (Å²) in [7, 11) is 0. The Morgan fingerprint density at radius 3 is 1.43 bits per heavy atom. The average Bonchev–Trinajstić information content (AvgIpc) is 3.44. The number of carbonyl (C=O) groups is 2. The van der Waals surface area contributed by atoms with E-state index in [4.69, 9.17) is 8.83 Å². The highest BCUT2D eigenvalue weighted by Crippen LogP contribution is 2.08. The van der Waals surface area contributed by atoms with Crippen molar-refractivity contribution in [1.29, 1.82) is 0 Å². The smallest absolute Gasteiger partial charge is 0.307 e. The molecule has 0 spiro atoms. The summed E-state index contributed by atoms with van der Waals surface area (Å²) in [5, 5.41) is 8.14. The van der Waals surface area contributed by atoms with Crippen LogP contribution in [0.25, 0.3) is 0 Å². The molecule has 0 saturated carbocycles. The number of nitrogens with one attached hydrogen (secondary N) is 2. The van der Waals surface area contributed by atoms with E-state index in [1.807, 2.05) is 24.3 Å². The first kappa shape index (κ1) is 18.8. The van der Waals surface area contributed by atoms with E-state index in [2.05, 4.69) is 21.1 Å². The zero-order chi connectivity index (χ0) is 19.9. The lowest BCUT2D eigenvalue weighted by molar-refractivity contribution is 0.0920. The predicted octanol–water partition coefficient (Wildman–Crippen LogP) is 3.18. The van der Waals surface area contributed by atoms with Crippen molar-refractivity contribution in [1.82, 2.24) is 10.9 Å². The highest BCUT2D eigenvalue weighted by molar-refractivity contribution is 6.03. The molecule has 142 valence electrons. The van der Waals surface area contributed by atoms with Gasteiger partial charge in [0.2, 0.25) is 0 Å².